The Morgan fingerprint density at radius 3 is 3.17 bits per heavy atom. The van der Waals surface area contributed by atoms with Crippen molar-refractivity contribution in [3.63, 3.8) is 0 Å². The summed E-state index contributed by atoms with van der Waals surface area (Å²) in [5.74, 6) is 0.145. The van der Waals surface area contributed by atoms with Crippen LogP contribution in [0.2, 0.25) is 0 Å². The van der Waals surface area contributed by atoms with E-state index in [0.29, 0.717) is 12.8 Å². The maximum atomic E-state index is 12.2. The predicted molar refractivity (Wildman–Crippen MR) is 69.0 cm³/mol. The van der Waals surface area contributed by atoms with Gasteiger partial charge in [-0.15, -0.1) is 0 Å². The molecule has 4 nitrogen and oxygen atoms in total. The van der Waals surface area contributed by atoms with Crippen molar-refractivity contribution in [3.8, 4) is 0 Å². The van der Waals surface area contributed by atoms with Crippen molar-refractivity contribution in [2.24, 2.45) is 0 Å². The summed E-state index contributed by atoms with van der Waals surface area (Å²) < 4.78 is 0. The summed E-state index contributed by atoms with van der Waals surface area (Å²) in [5.41, 5.74) is 0.949. The van der Waals surface area contributed by atoms with E-state index in [1.165, 1.54) is 0 Å². The van der Waals surface area contributed by atoms with Crippen LogP contribution >= 0.6 is 0 Å². The highest BCUT2D eigenvalue weighted by atomic mass is 16.3. The van der Waals surface area contributed by atoms with Gasteiger partial charge in [-0.3, -0.25) is 9.78 Å². The van der Waals surface area contributed by atoms with Crippen LogP contribution in [0.5, 0.6) is 0 Å². The second kappa shape index (κ2) is 5.96. The molecule has 1 aliphatic heterocycles. The van der Waals surface area contributed by atoms with Crippen molar-refractivity contribution in [2.45, 2.75) is 44.8 Å². The van der Waals surface area contributed by atoms with Gasteiger partial charge in [-0.25, -0.2) is 0 Å². The van der Waals surface area contributed by atoms with Crippen molar-refractivity contribution >= 4 is 5.91 Å². The fourth-order valence-electron chi connectivity index (χ4n) is 2.58. The molecule has 1 aromatic rings. The van der Waals surface area contributed by atoms with Gasteiger partial charge in [0.15, 0.2) is 0 Å². The lowest BCUT2D eigenvalue weighted by Crippen LogP contribution is -2.38. The van der Waals surface area contributed by atoms with Crippen LogP contribution in [0.3, 0.4) is 0 Å². The molecule has 1 fully saturated rings. The maximum Gasteiger partial charge on any atom is 0.227 e. The van der Waals surface area contributed by atoms with Crippen LogP contribution in [0.25, 0.3) is 0 Å². The number of amides is 1. The SMILES string of the molecule is CC(O)CC1CCCN1C(=O)Cc1cccnc1. The van der Waals surface area contributed by atoms with E-state index in [1.807, 2.05) is 17.0 Å². The third-order valence-corrected chi connectivity index (χ3v) is 3.39. The third kappa shape index (κ3) is 3.29. The summed E-state index contributed by atoms with van der Waals surface area (Å²) in [4.78, 5) is 18.2. The molecular weight excluding hydrogens is 228 g/mol. The second-order valence-electron chi connectivity index (χ2n) is 5.01. The maximum absolute atomic E-state index is 12.2. The summed E-state index contributed by atoms with van der Waals surface area (Å²) in [6.45, 7) is 2.60. The Balaban J connectivity index is 1.96. The molecule has 2 rings (SSSR count). The standard InChI is InChI=1S/C14H20N2O2/c1-11(17)8-13-5-3-7-16(13)14(18)9-12-4-2-6-15-10-12/h2,4,6,10-11,13,17H,3,5,7-9H2,1H3. The molecule has 0 radical (unpaired) electrons. The fraction of sp³-hybridized carbons (Fsp3) is 0.571. The molecule has 0 saturated carbocycles. The number of likely N-dealkylation sites (tertiary alicyclic amines) is 1. The third-order valence-electron chi connectivity index (χ3n) is 3.39. The van der Waals surface area contributed by atoms with Gasteiger partial charge in [0.25, 0.3) is 0 Å². The zero-order chi connectivity index (χ0) is 13.0. The van der Waals surface area contributed by atoms with Gasteiger partial charge < -0.3 is 10.0 Å². The number of aliphatic hydroxyl groups excluding tert-OH is 1. The number of nitrogens with zero attached hydrogens (tertiary/aromatic N) is 2. The zero-order valence-corrected chi connectivity index (χ0v) is 10.7. The van der Waals surface area contributed by atoms with Gasteiger partial charge in [0.2, 0.25) is 5.91 Å². The van der Waals surface area contributed by atoms with Crippen molar-refractivity contribution in [1.82, 2.24) is 9.88 Å². The van der Waals surface area contributed by atoms with Crippen molar-refractivity contribution < 1.29 is 9.90 Å². The number of carbonyl (C=O) groups is 1. The van der Waals surface area contributed by atoms with Gasteiger partial charge in [0.05, 0.1) is 12.5 Å². The van der Waals surface area contributed by atoms with E-state index in [1.54, 1.807) is 19.3 Å². The highest BCUT2D eigenvalue weighted by Crippen LogP contribution is 2.22. The van der Waals surface area contributed by atoms with Crippen LogP contribution in [0, 0.1) is 0 Å². The summed E-state index contributed by atoms with van der Waals surface area (Å²) in [6.07, 6.45) is 6.22. The monoisotopic (exact) mass is 248 g/mol. The number of carbonyl (C=O) groups excluding carboxylic acids is 1. The largest absolute Gasteiger partial charge is 0.393 e. The lowest BCUT2D eigenvalue weighted by molar-refractivity contribution is -0.131. The van der Waals surface area contributed by atoms with Crippen molar-refractivity contribution in [3.05, 3.63) is 30.1 Å². The van der Waals surface area contributed by atoms with Crippen molar-refractivity contribution in [2.75, 3.05) is 6.54 Å². The predicted octanol–water partition coefficient (Wildman–Crippen LogP) is 1.39. The van der Waals surface area contributed by atoms with Crippen molar-refractivity contribution in [1.29, 1.82) is 0 Å². The van der Waals surface area contributed by atoms with Crippen LogP contribution in [0.15, 0.2) is 24.5 Å². The number of hydrogen-bond acceptors (Lipinski definition) is 3. The van der Waals surface area contributed by atoms with Gasteiger partial charge in [-0.05, 0) is 37.8 Å². The molecule has 1 amide bonds. The quantitative estimate of drug-likeness (QED) is 0.876. The molecule has 0 aliphatic carbocycles. The Hall–Kier alpha value is -1.42. The minimum atomic E-state index is -0.346. The zero-order valence-electron chi connectivity index (χ0n) is 10.7. The molecule has 4 heteroatoms. The minimum absolute atomic E-state index is 0.145. The van der Waals surface area contributed by atoms with E-state index < -0.39 is 0 Å². The normalized spacial score (nSPS) is 21.0. The highest BCUT2D eigenvalue weighted by molar-refractivity contribution is 5.79. The van der Waals surface area contributed by atoms with Gasteiger partial charge in [0.1, 0.15) is 0 Å². The molecule has 1 aromatic heterocycles. The molecule has 0 spiro atoms. The van der Waals surface area contributed by atoms with E-state index in [4.69, 9.17) is 0 Å². The number of hydrogen-bond donors (Lipinski definition) is 1. The Labute approximate surface area is 108 Å². The topological polar surface area (TPSA) is 53.4 Å². The molecule has 2 unspecified atom stereocenters. The first-order chi connectivity index (χ1) is 8.66. The lowest BCUT2D eigenvalue weighted by atomic mass is 10.1. The molecule has 98 valence electrons. The van der Waals surface area contributed by atoms with Gasteiger partial charge in [-0.1, -0.05) is 6.07 Å². The number of aliphatic hydroxyl groups is 1. The Kier molecular flexibility index (Phi) is 4.31. The number of aromatic nitrogens is 1. The van der Waals surface area contributed by atoms with Crippen LogP contribution in [0.4, 0.5) is 0 Å². The summed E-state index contributed by atoms with van der Waals surface area (Å²) in [6, 6.07) is 3.97. The van der Waals surface area contributed by atoms with Crippen LogP contribution < -0.4 is 0 Å². The first-order valence-corrected chi connectivity index (χ1v) is 6.53. The lowest BCUT2D eigenvalue weighted by Gasteiger charge is -2.25. The Morgan fingerprint density at radius 1 is 1.67 bits per heavy atom. The Bertz CT molecular complexity index is 392. The molecule has 1 saturated heterocycles. The summed E-state index contributed by atoms with van der Waals surface area (Å²) in [5, 5.41) is 9.45. The Morgan fingerprint density at radius 2 is 2.50 bits per heavy atom. The molecular formula is C14H20N2O2. The van der Waals surface area contributed by atoms with E-state index in [-0.39, 0.29) is 18.1 Å². The first-order valence-electron chi connectivity index (χ1n) is 6.53. The average molecular weight is 248 g/mol. The number of pyridine rings is 1. The first kappa shape index (κ1) is 13.0. The molecule has 0 aromatic carbocycles. The minimum Gasteiger partial charge on any atom is -0.393 e. The van der Waals surface area contributed by atoms with E-state index in [2.05, 4.69) is 4.98 Å². The average Bonchev–Trinajstić information content (AvgIpc) is 2.77. The van der Waals surface area contributed by atoms with E-state index >= 15 is 0 Å². The van der Waals surface area contributed by atoms with Gasteiger partial charge in [0, 0.05) is 25.0 Å². The van der Waals surface area contributed by atoms with E-state index in [0.717, 1.165) is 24.9 Å². The van der Waals surface area contributed by atoms with Crippen LogP contribution in [-0.2, 0) is 11.2 Å². The van der Waals surface area contributed by atoms with Gasteiger partial charge >= 0.3 is 0 Å². The fourth-order valence-corrected chi connectivity index (χ4v) is 2.58. The summed E-state index contributed by atoms with van der Waals surface area (Å²) >= 11 is 0. The second-order valence-corrected chi connectivity index (χ2v) is 5.01. The molecule has 1 aliphatic rings. The van der Waals surface area contributed by atoms with Gasteiger partial charge in [-0.2, -0.15) is 0 Å². The smallest absolute Gasteiger partial charge is 0.227 e. The molecule has 0 bridgehead atoms. The molecule has 2 heterocycles. The molecule has 2 atom stereocenters. The summed E-state index contributed by atoms with van der Waals surface area (Å²) in [7, 11) is 0. The van der Waals surface area contributed by atoms with E-state index in [9.17, 15) is 9.90 Å². The number of rotatable bonds is 4. The molecule has 1 N–H and O–H groups in total. The molecule has 18 heavy (non-hydrogen) atoms. The highest BCUT2D eigenvalue weighted by Gasteiger charge is 2.29. The van der Waals surface area contributed by atoms with Crippen LogP contribution in [-0.4, -0.2) is 39.6 Å². The van der Waals surface area contributed by atoms with Crippen LogP contribution in [0.1, 0.15) is 31.7 Å².